The van der Waals surface area contributed by atoms with Gasteiger partial charge in [0.05, 0.1) is 22.7 Å². The number of aliphatic hydroxyl groups excluding tert-OH is 2. The van der Waals surface area contributed by atoms with Crippen LogP contribution < -0.4 is 5.73 Å². The number of anilines is 1. The van der Waals surface area contributed by atoms with Crippen molar-refractivity contribution in [3.8, 4) is 0 Å². The summed E-state index contributed by atoms with van der Waals surface area (Å²) in [5.74, 6) is 0.599. The molecule has 2 spiro atoms. The second-order valence-electron chi connectivity index (χ2n) is 12.3. The van der Waals surface area contributed by atoms with Crippen LogP contribution in [-0.4, -0.2) is 74.3 Å². The van der Waals surface area contributed by atoms with Gasteiger partial charge in [0.1, 0.15) is 11.7 Å². The number of ether oxygens (including phenoxy) is 1. The molecule has 8 atom stereocenters. The molecule has 5 aliphatic rings. The van der Waals surface area contributed by atoms with Crippen molar-refractivity contribution in [1.29, 1.82) is 0 Å². The molecule has 1 aromatic carbocycles. The molecule has 1 aromatic heterocycles. The zero-order valence-electron chi connectivity index (χ0n) is 21.1. The Kier molecular flexibility index (Phi) is 4.44. The van der Waals surface area contributed by atoms with Crippen LogP contribution in [0.3, 0.4) is 0 Å². The van der Waals surface area contributed by atoms with E-state index in [9.17, 15) is 10.2 Å². The Morgan fingerprint density at radius 1 is 1.22 bits per heavy atom. The monoisotopic (exact) mass is 494 g/mol. The van der Waals surface area contributed by atoms with Gasteiger partial charge < -0.3 is 30.6 Å². The van der Waals surface area contributed by atoms with Gasteiger partial charge in [0, 0.05) is 23.8 Å². The lowest BCUT2D eigenvalue weighted by atomic mass is 9.56. The predicted octanol–water partition coefficient (Wildman–Crippen LogP) is 3.34. The van der Waals surface area contributed by atoms with Crippen LogP contribution in [0.2, 0.25) is 0 Å². The average molecular weight is 495 g/mol. The number of hydrogen-bond donors (Lipinski definition) is 4. The van der Waals surface area contributed by atoms with Crippen LogP contribution in [0.25, 0.3) is 16.6 Å². The van der Waals surface area contributed by atoms with E-state index in [1.807, 2.05) is 25.1 Å². The maximum atomic E-state index is 16.9. The van der Waals surface area contributed by atoms with E-state index < -0.39 is 29.1 Å². The summed E-state index contributed by atoms with van der Waals surface area (Å²) >= 11 is 0. The zero-order chi connectivity index (χ0) is 25.3. The van der Waals surface area contributed by atoms with E-state index >= 15 is 4.39 Å². The third-order valence-corrected chi connectivity index (χ3v) is 10.5. The number of likely N-dealkylation sites (N-methyl/N-ethyl adjacent to an activating group) is 1. The Bertz CT molecular complexity index is 1340. The molecule has 2 aliphatic heterocycles. The van der Waals surface area contributed by atoms with Crippen LogP contribution in [0.1, 0.15) is 51.0 Å². The molecule has 3 aliphatic carbocycles. The van der Waals surface area contributed by atoms with E-state index in [-0.39, 0.29) is 23.8 Å². The third-order valence-electron chi connectivity index (χ3n) is 10.5. The molecule has 0 radical (unpaired) electrons. The van der Waals surface area contributed by atoms with Crippen molar-refractivity contribution in [3.05, 3.63) is 41.5 Å². The van der Waals surface area contributed by atoms with Crippen molar-refractivity contribution in [3.63, 3.8) is 0 Å². The summed E-state index contributed by atoms with van der Waals surface area (Å²) in [5.41, 5.74) is 7.29. The molecule has 2 aromatic rings. The lowest BCUT2D eigenvalue weighted by Gasteiger charge is -2.61. The van der Waals surface area contributed by atoms with Gasteiger partial charge in [-0.25, -0.2) is 9.37 Å². The lowest BCUT2D eigenvalue weighted by Crippen LogP contribution is -2.73. The van der Waals surface area contributed by atoms with Crippen LogP contribution in [0.15, 0.2) is 35.9 Å². The Balaban J connectivity index is 1.29. The number of halogens is 1. The van der Waals surface area contributed by atoms with Crippen molar-refractivity contribution in [2.24, 2.45) is 11.3 Å². The Hall–Kier alpha value is -2.26. The van der Waals surface area contributed by atoms with Gasteiger partial charge >= 0.3 is 0 Å². The topological polar surface area (TPSA) is 108 Å². The molecule has 3 heterocycles. The molecule has 2 saturated heterocycles. The molecule has 3 fully saturated rings. The zero-order valence-corrected chi connectivity index (χ0v) is 21.1. The highest BCUT2D eigenvalue weighted by Gasteiger charge is 2.76. The molecular formula is C28H35FN4O3. The minimum Gasteiger partial charge on any atom is -0.389 e. The standard InChI is InChI=1S/C28H35FN4O3/c1-25-9-8-16-13-28(29)23(35)22(34)20(33(2)3)14-26(28)10-11-27(16,36-26)21(25)7-5-17(25)15-4-6-18-19(12-15)32-24(30)31-18/h4-6,8,12,20-23,34-35H,7,9-11,13-14H2,1-3H3,(H3,30,31,32)/t20-,21?,22+,23-,25+,26+,27+,28?/m0/s1. The van der Waals surface area contributed by atoms with Gasteiger partial charge in [0.25, 0.3) is 0 Å². The summed E-state index contributed by atoms with van der Waals surface area (Å²) in [7, 11) is 3.74. The number of alkyl halides is 1. The molecule has 2 unspecified atom stereocenters. The van der Waals surface area contributed by atoms with Gasteiger partial charge in [-0.2, -0.15) is 0 Å². The molecule has 1 saturated carbocycles. The maximum absolute atomic E-state index is 16.9. The summed E-state index contributed by atoms with van der Waals surface area (Å²) in [4.78, 5) is 9.37. The van der Waals surface area contributed by atoms with Crippen molar-refractivity contribution in [1.82, 2.24) is 14.9 Å². The first kappa shape index (κ1) is 22.9. The number of rotatable bonds is 2. The van der Waals surface area contributed by atoms with E-state index in [1.165, 1.54) is 5.57 Å². The fraction of sp³-hybridized carbons (Fsp3) is 0.607. The minimum atomic E-state index is -1.99. The average Bonchev–Trinajstić information content (AvgIpc) is 3.49. The summed E-state index contributed by atoms with van der Waals surface area (Å²) in [6.45, 7) is 2.32. The Morgan fingerprint density at radius 2 is 2.03 bits per heavy atom. The molecule has 7 rings (SSSR count). The molecule has 0 amide bonds. The number of fused-ring (bicyclic) bond motifs is 2. The third kappa shape index (κ3) is 2.58. The van der Waals surface area contributed by atoms with Crippen LogP contribution in [-0.2, 0) is 4.74 Å². The number of aromatic nitrogens is 2. The number of aromatic amines is 1. The first-order chi connectivity index (χ1) is 17.0. The van der Waals surface area contributed by atoms with E-state index in [4.69, 9.17) is 10.5 Å². The minimum absolute atomic E-state index is 0.132. The van der Waals surface area contributed by atoms with Crippen molar-refractivity contribution < 1.29 is 19.3 Å². The highest BCUT2D eigenvalue weighted by molar-refractivity contribution is 5.84. The van der Waals surface area contributed by atoms with Gasteiger partial charge in [0.2, 0.25) is 0 Å². The molecule has 7 nitrogen and oxygen atoms in total. The van der Waals surface area contributed by atoms with Crippen molar-refractivity contribution >= 4 is 22.6 Å². The first-order valence-corrected chi connectivity index (χ1v) is 13.1. The summed E-state index contributed by atoms with van der Waals surface area (Å²) in [6.07, 6.45) is 5.35. The van der Waals surface area contributed by atoms with E-state index in [1.54, 1.807) is 0 Å². The van der Waals surface area contributed by atoms with Gasteiger partial charge in [-0.3, -0.25) is 0 Å². The number of aliphatic hydroxyl groups is 2. The van der Waals surface area contributed by atoms with E-state index in [0.717, 1.165) is 41.4 Å². The summed E-state index contributed by atoms with van der Waals surface area (Å²) < 4.78 is 23.9. The largest absolute Gasteiger partial charge is 0.389 e. The molecular weight excluding hydrogens is 459 g/mol. The predicted molar refractivity (Wildman–Crippen MR) is 136 cm³/mol. The number of nitrogen functional groups attached to an aromatic ring is 1. The number of hydrogen-bond acceptors (Lipinski definition) is 6. The van der Waals surface area contributed by atoms with Gasteiger partial charge in [0.15, 0.2) is 11.6 Å². The molecule has 5 N–H and O–H groups in total. The number of nitrogens with two attached hydrogens (primary N) is 1. The summed E-state index contributed by atoms with van der Waals surface area (Å²) in [5, 5.41) is 21.9. The van der Waals surface area contributed by atoms with Gasteiger partial charge in [-0.05, 0) is 75.0 Å². The maximum Gasteiger partial charge on any atom is 0.198 e. The molecule has 8 heteroatoms. The molecule has 192 valence electrons. The Labute approximate surface area is 210 Å². The van der Waals surface area contributed by atoms with Crippen LogP contribution in [0.4, 0.5) is 10.3 Å². The molecule has 2 bridgehead atoms. The number of benzene rings is 1. The number of allylic oxidation sites excluding steroid dienone is 3. The first-order valence-electron chi connectivity index (χ1n) is 13.1. The molecule has 36 heavy (non-hydrogen) atoms. The van der Waals surface area contributed by atoms with Crippen molar-refractivity contribution in [2.75, 3.05) is 19.8 Å². The number of nitrogens with zero attached hydrogens (tertiary/aromatic N) is 2. The SMILES string of the molecule is CN(C)[C@H]1C[C@@]23CC[C@@]4(O2)C(=CC[C@]2(C)C(c5ccc6nc(N)[nH]c6c5)=CCC24)CC3(F)[C@@H](O)[C@@H]1O. The lowest BCUT2D eigenvalue weighted by molar-refractivity contribution is -0.282. The van der Waals surface area contributed by atoms with Crippen LogP contribution >= 0.6 is 0 Å². The van der Waals surface area contributed by atoms with Crippen LogP contribution in [0, 0.1) is 11.3 Å². The second kappa shape index (κ2) is 6.98. The quantitative estimate of drug-likeness (QED) is 0.477. The van der Waals surface area contributed by atoms with E-state index in [0.29, 0.717) is 18.8 Å². The van der Waals surface area contributed by atoms with E-state index in [2.05, 4.69) is 41.2 Å². The highest BCUT2D eigenvalue weighted by atomic mass is 19.1. The fourth-order valence-electron chi connectivity index (χ4n) is 8.63. The fourth-order valence-corrected chi connectivity index (χ4v) is 8.63. The number of H-pyrrole nitrogens is 1. The number of nitrogens with one attached hydrogen (secondary N) is 1. The normalized spacial score (nSPS) is 45.3. The van der Waals surface area contributed by atoms with Crippen LogP contribution in [0.5, 0.6) is 0 Å². The van der Waals surface area contributed by atoms with Crippen molar-refractivity contribution in [2.45, 2.75) is 80.6 Å². The smallest absolute Gasteiger partial charge is 0.198 e. The number of imidazole rings is 1. The van der Waals surface area contributed by atoms with Gasteiger partial charge in [-0.1, -0.05) is 25.1 Å². The highest BCUT2D eigenvalue weighted by Crippen LogP contribution is 2.70. The Morgan fingerprint density at radius 3 is 2.81 bits per heavy atom. The second-order valence-corrected chi connectivity index (χ2v) is 12.3. The summed E-state index contributed by atoms with van der Waals surface area (Å²) in [6, 6.07) is 5.89. The van der Waals surface area contributed by atoms with Gasteiger partial charge in [-0.15, -0.1) is 0 Å².